The summed E-state index contributed by atoms with van der Waals surface area (Å²) < 4.78 is 29.7. The third-order valence-electron chi connectivity index (χ3n) is 2.79. The molecule has 0 atom stereocenters. The van der Waals surface area contributed by atoms with Crippen LogP contribution in [0.15, 0.2) is 22.7 Å². The van der Waals surface area contributed by atoms with E-state index in [1.54, 1.807) is 11.0 Å². The number of amides is 1. The quantitative estimate of drug-likeness (QED) is 0.920. The predicted molar refractivity (Wildman–Crippen MR) is 69.5 cm³/mol. The minimum Gasteiger partial charge on any atom is -0.434 e. The monoisotopic (exact) mass is 334 g/mol. The first-order chi connectivity index (χ1) is 9.08. The molecule has 2 rings (SSSR count). The van der Waals surface area contributed by atoms with Crippen molar-refractivity contribution < 1.29 is 18.3 Å². The average Bonchev–Trinajstić information content (AvgIpc) is 2.38. The highest BCUT2D eigenvalue weighted by atomic mass is 79.9. The van der Waals surface area contributed by atoms with Crippen LogP contribution in [0, 0.1) is 0 Å². The van der Waals surface area contributed by atoms with Crippen LogP contribution in [0.5, 0.6) is 5.75 Å². The Kier molecular flexibility index (Phi) is 4.71. The lowest BCUT2D eigenvalue weighted by atomic mass is 10.1. The van der Waals surface area contributed by atoms with Crippen LogP contribution in [0.2, 0.25) is 0 Å². The molecule has 7 heteroatoms. The van der Waals surface area contributed by atoms with Crippen LogP contribution >= 0.6 is 15.9 Å². The third kappa shape index (κ3) is 3.63. The Bertz CT molecular complexity index is 465. The molecule has 0 aliphatic carbocycles. The summed E-state index contributed by atoms with van der Waals surface area (Å²) in [6.07, 6.45) is 0. The molecule has 0 unspecified atom stereocenters. The number of hydrogen-bond acceptors (Lipinski definition) is 3. The van der Waals surface area contributed by atoms with Crippen LogP contribution in [0.4, 0.5) is 8.78 Å². The van der Waals surface area contributed by atoms with Gasteiger partial charge in [0.05, 0.1) is 5.56 Å². The number of nitrogens with one attached hydrogen (secondary N) is 1. The fraction of sp³-hybridized carbons (Fsp3) is 0.417. The predicted octanol–water partition coefficient (Wildman–Crippen LogP) is 2.10. The van der Waals surface area contributed by atoms with Gasteiger partial charge in [-0.15, -0.1) is 0 Å². The number of piperazine rings is 1. The molecule has 1 aromatic carbocycles. The van der Waals surface area contributed by atoms with Gasteiger partial charge in [0.25, 0.3) is 5.91 Å². The van der Waals surface area contributed by atoms with Gasteiger partial charge in [-0.25, -0.2) is 0 Å². The molecule has 1 saturated heterocycles. The molecule has 1 aromatic rings. The van der Waals surface area contributed by atoms with Crippen molar-refractivity contribution in [2.24, 2.45) is 0 Å². The Morgan fingerprint density at radius 2 is 2.05 bits per heavy atom. The Labute approximate surface area is 117 Å². The fourth-order valence-corrected chi connectivity index (χ4v) is 2.24. The molecule has 19 heavy (non-hydrogen) atoms. The standard InChI is InChI=1S/C12H13BrF2N2O2/c13-8-1-2-9(10(7-8)19-12(14)15)11(18)17-5-3-16-4-6-17/h1-2,7,12,16H,3-6H2. The number of benzene rings is 1. The summed E-state index contributed by atoms with van der Waals surface area (Å²) in [5.41, 5.74) is 0.158. The molecule has 1 N–H and O–H groups in total. The summed E-state index contributed by atoms with van der Waals surface area (Å²) >= 11 is 3.17. The first-order valence-electron chi connectivity index (χ1n) is 5.82. The molecule has 1 heterocycles. The summed E-state index contributed by atoms with van der Waals surface area (Å²) in [5.74, 6) is -0.391. The highest BCUT2D eigenvalue weighted by molar-refractivity contribution is 9.10. The van der Waals surface area contributed by atoms with Crippen molar-refractivity contribution in [3.8, 4) is 5.75 Å². The zero-order valence-corrected chi connectivity index (χ0v) is 11.6. The SMILES string of the molecule is O=C(c1ccc(Br)cc1OC(F)F)N1CCNCC1. The van der Waals surface area contributed by atoms with E-state index in [9.17, 15) is 13.6 Å². The molecule has 0 spiro atoms. The molecular weight excluding hydrogens is 322 g/mol. The molecule has 0 bridgehead atoms. The number of ether oxygens (including phenoxy) is 1. The van der Waals surface area contributed by atoms with E-state index in [0.29, 0.717) is 30.7 Å². The van der Waals surface area contributed by atoms with E-state index in [4.69, 9.17) is 0 Å². The van der Waals surface area contributed by atoms with Crippen molar-refractivity contribution in [3.63, 3.8) is 0 Å². The number of carbonyl (C=O) groups is 1. The maximum absolute atomic E-state index is 12.4. The van der Waals surface area contributed by atoms with E-state index in [2.05, 4.69) is 26.0 Å². The summed E-state index contributed by atoms with van der Waals surface area (Å²) in [6, 6.07) is 4.50. The van der Waals surface area contributed by atoms with E-state index in [1.165, 1.54) is 12.1 Å². The van der Waals surface area contributed by atoms with E-state index < -0.39 is 6.61 Å². The lowest BCUT2D eigenvalue weighted by molar-refractivity contribution is -0.0503. The van der Waals surface area contributed by atoms with Crippen molar-refractivity contribution in [2.45, 2.75) is 6.61 Å². The molecule has 0 radical (unpaired) electrons. The molecule has 1 aliphatic rings. The van der Waals surface area contributed by atoms with Crippen LogP contribution < -0.4 is 10.1 Å². The van der Waals surface area contributed by atoms with Crippen molar-refractivity contribution >= 4 is 21.8 Å². The second kappa shape index (κ2) is 6.29. The van der Waals surface area contributed by atoms with Crippen LogP contribution in [0.1, 0.15) is 10.4 Å². The highest BCUT2D eigenvalue weighted by Crippen LogP contribution is 2.26. The first kappa shape index (κ1) is 14.2. The number of nitrogens with zero attached hydrogens (tertiary/aromatic N) is 1. The van der Waals surface area contributed by atoms with Crippen LogP contribution in [-0.4, -0.2) is 43.6 Å². The Balaban J connectivity index is 2.24. The lowest BCUT2D eigenvalue weighted by Gasteiger charge is -2.28. The second-order valence-electron chi connectivity index (χ2n) is 4.06. The summed E-state index contributed by atoms with van der Waals surface area (Å²) in [5, 5.41) is 3.12. The number of rotatable bonds is 3. The number of halogens is 3. The maximum atomic E-state index is 12.4. The van der Waals surface area contributed by atoms with Crippen molar-refractivity contribution in [2.75, 3.05) is 26.2 Å². The minimum absolute atomic E-state index is 0.104. The smallest absolute Gasteiger partial charge is 0.387 e. The van der Waals surface area contributed by atoms with Gasteiger partial charge in [0, 0.05) is 30.7 Å². The van der Waals surface area contributed by atoms with E-state index in [-0.39, 0.29) is 17.2 Å². The molecule has 0 saturated carbocycles. The summed E-state index contributed by atoms with van der Waals surface area (Å²) in [6.45, 7) is -0.434. The molecule has 1 amide bonds. The molecule has 4 nitrogen and oxygen atoms in total. The van der Waals surface area contributed by atoms with Gasteiger partial charge in [-0.2, -0.15) is 8.78 Å². The maximum Gasteiger partial charge on any atom is 0.387 e. The Hall–Kier alpha value is -1.21. The van der Waals surface area contributed by atoms with Crippen molar-refractivity contribution in [1.82, 2.24) is 10.2 Å². The number of hydrogen-bond donors (Lipinski definition) is 1. The zero-order valence-electron chi connectivity index (χ0n) is 10.0. The van der Waals surface area contributed by atoms with Crippen LogP contribution in [-0.2, 0) is 0 Å². The fourth-order valence-electron chi connectivity index (χ4n) is 1.90. The zero-order chi connectivity index (χ0) is 13.8. The molecule has 0 aromatic heterocycles. The van der Waals surface area contributed by atoms with Gasteiger partial charge in [-0.05, 0) is 18.2 Å². The van der Waals surface area contributed by atoms with E-state index in [0.717, 1.165) is 0 Å². The van der Waals surface area contributed by atoms with Crippen molar-refractivity contribution in [1.29, 1.82) is 0 Å². The first-order valence-corrected chi connectivity index (χ1v) is 6.61. The van der Waals surface area contributed by atoms with Crippen molar-refractivity contribution in [3.05, 3.63) is 28.2 Å². The normalized spacial score (nSPS) is 15.7. The molecule has 104 valence electrons. The summed E-state index contributed by atoms with van der Waals surface area (Å²) in [7, 11) is 0. The number of carbonyl (C=O) groups excluding carboxylic acids is 1. The topological polar surface area (TPSA) is 41.6 Å². The number of alkyl halides is 2. The van der Waals surface area contributed by atoms with Crippen LogP contribution in [0.3, 0.4) is 0 Å². The van der Waals surface area contributed by atoms with Gasteiger partial charge in [-0.1, -0.05) is 15.9 Å². The largest absolute Gasteiger partial charge is 0.434 e. The second-order valence-corrected chi connectivity index (χ2v) is 4.98. The van der Waals surface area contributed by atoms with Gasteiger partial charge in [0.2, 0.25) is 0 Å². The average molecular weight is 335 g/mol. The Morgan fingerprint density at radius 1 is 1.37 bits per heavy atom. The summed E-state index contributed by atoms with van der Waals surface area (Å²) in [4.78, 5) is 13.9. The lowest BCUT2D eigenvalue weighted by Crippen LogP contribution is -2.46. The van der Waals surface area contributed by atoms with E-state index in [1.807, 2.05) is 0 Å². The Morgan fingerprint density at radius 3 is 2.68 bits per heavy atom. The van der Waals surface area contributed by atoms with Gasteiger partial charge in [0.1, 0.15) is 5.75 Å². The third-order valence-corrected chi connectivity index (χ3v) is 3.29. The van der Waals surface area contributed by atoms with Gasteiger partial charge < -0.3 is 15.0 Å². The molecule has 1 aliphatic heterocycles. The van der Waals surface area contributed by atoms with Gasteiger partial charge in [-0.3, -0.25) is 4.79 Å². The molecular formula is C12H13BrF2N2O2. The van der Waals surface area contributed by atoms with Crippen LogP contribution in [0.25, 0.3) is 0 Å². The van der Waals surface area contributed by atoms with Gasteiger partial charge in [0.15, 0.2) is 0 Å². The highest BCUT2D eigenvalue weighted by Gasteiger charge is 2.22. The minimum atomic E-state index is -2.95. The molecule has 1 fully saturated rings. The van der Waals surface area contributed by atoms with E-state index >= 15 is 0 Å². The van der Waals surface area contributed by atoms with Gasteiger partial charge >= 0.3 is 6.61 Å².